The van der Waals surface area contributed by atoms with Gasteiger partial charge in [0.05, 0.1) is 6.61 Å². The second-order valence-electron chi connectivity index (χ2n) is 6.04. The molecule has 110 valence electrons. The molecule has 2 N–H and O–H groups in total. The fraction of sp³-hybridized carbons (Fsp3) is 0.688. The van der Waals surface area contributed by atoms with Gasteiger partial charge < -0.3 is 15.4 Å². The van der Waals surface area contributed by atoms with Crippen molar-refractivity contribution in [1.29, 1.82) is 0 Å². The molecule has 1 aliphatic carbocycles. The van der Waals surface area contributed by atoms with Gasteiger partial charge in [-0.1, -0.05) is 0 Å². The van der Waals surface area contributed by atoms with E-state index in [1.54, 1.807) is 7.11 Å². The first-order valence-electron chi connectivity index (χ1n) is 7.77. The zero-order chi connectivity index (χ0) is 13.9. The standard InChI is InChI=1S/C16H25N3O/c1-20-11-12-4-3-7-19(10-12)16-14(9-17)8-13-5-2-6-15(13)18-16/h8,12H,2-7,9-11,17H2,1H3. The normalized spacial score (nSPS) is 22.1. The van der Waals surface area contributed by atoms with Crippen molar-refractivity contribution in [1.82, 2.24) is 4.98 Å². The third kappa shape index (κ3) is 2.67. The lowest BCUT2D eigenvalue weighted by Crippen LogP contribution is -2.38. The Labute approximate surface area is 121 Å². The Bertz CT molecular complexity index is 473. The highest BCUT2D eigenvalue weighted by molar-refractivity contribution is 5.51. The Morgan fingerprint density at radius 2 is 2.30 bits per heavy atom. The molecule has 1 atom stereocenters. The minimum atomic E-state index is 0.584. The third-order valence-electron chi connectivity index (χ3n) is 4.55. The zero-order valence-corrected chi connectivity index (χ0v) is 12.4. The van der Waals surface area contributed by atoms with Crippen LogP contribution in [0.2, 0.25) is 0 Å². The van der Waals surface area contributed by atoms with Crippen molar-refractivity contribution in [3.63, 3.8) is 0 Å². The predicted molar refractivity (Wildman–Crippen MR) is 81.0 cm³/mol. The topological polar surface area (TPSA) is 51.4 Å². The number of pyridine rings is 1. The molecule has 0 bridgehead atoms. The van der Waals surface area contributed by atoms with Crippen LogP contribution in [-0.2, 0) is 24.1 Å². The Kier molecular flexibility index (Phi) is 4.22. The summed E-state index contributed by atoms with van der Waals surface area (Å²) in [5.41, 5.74) is 9.88. The average Bonchev–Trinajstić information content (AvgIpc) is 2.93. The number of piperidine rings is 1. The summed E-state index contributed by atoms with van der Waals surface area (Å²) in [5, 5.41) is 0. The van der Waals surface area contributed by atoms with Crippen molar-refractivity contribution in [2.24, 2.45) is 11.7 Å². The second kappa shape index (κ2) is 6.10. The number of aromatic nitrogens is 1. The Balaban J connectivity index is 1.85. The van der Waals surface area contributed by atoms with Crippen LogP contribution in [0.15, 0.2) is 6.07 Å². The number of hydrogen-bond donors (Lipinski definition) is 1. The van der Waals surface area contributed by atoms with Gasteiger partial charge in [-0.2, -0.15) is 0 Å². The van der Waals surface area contributed by atoms with Gasteiger partial charge in [-0.05, 0) is 49.7 Å². The molecule has 1 aromatic rings. The number of nitrogens with two attached hydrogens (primary N) is 1. The van der Waals surface area contributed by atoms with Gasteiger partial charge in [-0.3, -0.25) is 0 Å². The van der Waals surface area contributed by atoms with Gasteiger partial charge in [0.1, 0.15) is 5.82 Å². The van der Waals surface area contributed by atoms with E-state index in [0.717, 1.165) is 31.9 Å². The van der Waals surface area contributed by atoms with Crippen LogP contribution in [0.25, 0.3) is 0 Å². The van der Waals surface area contributed by atoms with E-state index in [2.05, 4.69) is 11.0 Å². The van der Waals surface area contributed by atoms with E-state index in [1.165, 1.54) is 42.5 Å². The molecule has 4 nitrogen and oxygen atoms in total. The Hall–Kier alpha value is -1.13. The average molecular weight is 275 g/mol. The van der Waals surface area contributed by atoms with E-state index in [9.17, 15) is 0 Å². The molecule has 0 spiro atoms. The molecule has 1 saturated heterocycles. The van der Waals surface area contributed by atoms with E-state index < -0.39 is 0 Å². The number of methoxy groups -OCH3 is 1. The minimum Gasteiger partial charge on any atom is -0.384 e. The summed E-state index contributed by atoms with van der Waals surface area (Å²) >= 11 is 0. The van der Waals surface area contributed by atoms with Gasteiger partial charge in [-0.15, -0.1) is 0 Å². The summed E-state index contributed by atoms with van der Waals surface area (Å²) in [7, 11) is 1.79. The molecule has 1 aliphatic heterocycles. The van der Waals surface area contributed by atoms with Gasteiger partial charge in [0.25, 0.3) is 0 Å². The van der Waals surface area contributed by atoms with Gasteiger partial charge in [0.2, 0.25) is 0 Å². The lowest BCUT2D eigenvalue weighted by Gasteiger charge is -2.34. The number of aryl methyl sites for hydroxylation is 2. The molecule has 4 heteroatoms. The van der Waals surface area contributed by atoms with Crippen molar-refractivity contribution in [2.45, 2.75) is 38.6 Å². The maximum absolute atomic E-state index is 5.95. The quantitative estimate of drug-likeness (QED) is 0.911. The summed E-state index contributed by atoms with van der Waals surface area (Å²) < 4.78 is 5.32. The number of ether oxygens (including phenoxy) is 1. The monoisotopic (exact) mass is 275 g/mol. The highest BCUT2D eigenvalue weighted by atomic mass is 16.5. The summed E-state index contributed by atoms with van der Waals surface area (Å²) in [4.78, 5) is 7.37. The molecule has 1 unspecified atom stereocenters. The summed E-state index contributed by atoms with van der Waals surface area (Å²) in [6.45, 7) is 3.58. The minimum absolute atomic E-state index is 0.584. The number of nitrogens with zero attached hydrogens (tertiary/aromatic N) is 2. The van der Waals surface area contributed by atoms with Gasteiger partial charge in [0.15, 0.2) is 0 Å². The van der Waals surface area contributed by atoms with Crippen LogP contribution in [-0.4, -0.2) is 31.8 Å². The number of rotatable bonds is 4. The first-order chi connectivity index (χ1) is 9.81. The predicted octanol–water partition coefficient (Wildman–Crippen LogP) is 1.89. The first kappa shape index (κ1) is 13.8. The molecule has 0 radical (unpaired) electrons. The number of anilines is 1. The highest BCUT2D eigenvalue weighted by Gasteiger charge is 2.24. The first-order valence-corrected chi connectivity index (χ1v) is 7.77. The van der Waals surface area contributed by atoms with E-state index in [-0.39, 0.29) is 0 Å². The lowest BCUT2D eigenvalue weighted by molar-refractivity contribution is 0.143. The smallest absolute Gasteiger partial charge is 0.133 e. The maximum Gasteiger partial charge on any atom is 0.133 e. The lowest BCUT2D eigenvalue weighted by atomic mass is 9.98. The van der Waals surface area contributed by atoms with Crippen LogP contribution in [0.1, 0.15) is 36.1 Å². The largest absolute Gasteiger partial charge is 0.384 e. The van der Waals surface area contributed by atoms with E-state index >= 15 is 0 Å². The fourth-order valence-electron chi connectivity index (χ4n) is 3.56. The third-order valence-corrected chi connectivity index (χ3v) is 4.55. The molecular formula is C16H25N3O. The number of hydrogen-bond acceptors (Lipinski definition) is 4. The molecule has 2 aliphatic rings. The van der Waals surface area contributed by atoms with Gasteiger partial charge in [-0.25, -0.2) is 4.98 Å². The Morgan fingerprint density at radius 3 is 3.10 bits per heavy atom. The van der Waals surface area contributed by atoms with E-state index in [4.69, 9.17) is 15.5 Å². The van der Waals surface area contributed by atoms with Crippen LogP contribution in [0.4, 0.5) is 5.82 Å². The SMILES string of the molecule is COCC1CCCN(c2nc3c(cc2CN)CCC3)C1. The maximum atomic E-state index is 5.95. The molecule has 2 heterocycles. The fourth-order valence-corrected chi connectivity index (χ4v) is 3.56. The van der Waals surface area contributed by atoms with Crippen LogP contribution in [0.3, 0.4) is 0 Å². The van der Waals surface area contributed by atoms with Crippen LogP contribution >= 0.6 is 0 Å². The van der Waals surface area contributed by atoms with Crippen molar-refractivity contribution in [3.8, 4) is 0 Å². The van der Waals surface area contributed by atoms with Gasteiger partial charge in [0, 0.05) is 38.0 Å². The van der Waals surface area contributed by atoms with Crippen molar-refractivity contribution in [2.75, 3.05) is 31.7 Å². The van der Waals surface area contributed by atoms with Crippen LogP contribution in [0, 0.1) is 5.92 Å². The summed E-state index contributed by atoms with van der Waals surface area (Å²) in [6.07, 6.45) is 6.01. The molecule has 0 saturated carbocycles. The molecule has 20 heavy (non-hydrogen) atoms. The zero-order valence-electron chi connectivity index (χ0n) is 12.4. The number of fused-ring (bicyclic) bond motifs is 1. The van der Waals surface area contributed by atoms with Crippen LogP contribution < -0.4 is 10.6 Å². The molecule has 0 aromatic carbocycles. The van der Waals surface area contributed by atoms with E-state index in [0.29, 0.717) is 12.5 Å². The second-order valence-corrected chi connectivity index (χ2v) is 6.04. The Morgan fingerprint density at radius 1 is 1.40 bits per heavy atom. The van der Waals surface area contributed by atoms with E-state index in [1.807, 2.05) is 0 Å². The molecule has 1 aromatic heterocycles. The molecule has 3 rings (SSSR count). The van der Waals surface area contributed by atoms with Crippen LogP contribution in [0.5, 0.6) is 0 Å². The molecule has 1 fully saturated rings. The molecular weight excluding hydrogens is 250 g/mol. The van der Waals surface area contributed by atoms with Crippen molar-refractivity contribution in [3.05, 3.63) is 22.9 Å². The van der Waals surface area contributed by atoms with Crippen molar-refractivity contribution < 1.29 is 4.74 Å². The highest BCUT2D eigenvalue weighted by Crippen LogP contribution is 2.30. The molecule has 0 amide bonds. The van der Waals surface area contributed by atoms with Crippen molar-refractivity contribution >= 4 is 5.82 Å². The van der Waals surface area contributed by atoms with Gasteiger partial charge >= 0.3 is 0 Å². The summed E-state index contributed by atoms with van der Waals surface area (Å²) in [6, 6.07) is 2.30. The summed E-state index contributed by atoms with van der Waals surface area (Å²) in [5.74, 6) is 1.75.